The number of aromatic nitrogens is 4. The van der Waals surface area contributed by atoms with E-state index in [0.717, 1.165) is 56.7 Å². The van der Waals surface area contributed by atoms with Gasteiger partial charge in [-0.3, -0.25) is 9.48 Å². The number of hydrogen-bond acceptors (Lipinski definition) is 6. The van der Waals surface area contributed by atoms with E-state index in [1.807, 2.05) is 19.3 Å². The van der Waals surface area contributed by atoms with E-state index in [2.05, 4.69) is 37.5 Å². The first-order valence-electron chi connectivity index (χ1n) is 9.73. The fourth-order valence-corrected chi connectivity index (χ4v) is 3.64. The number of carbonyl (C=O) groups is 1. The average molecular weight is 369 g/mol. The third-order valence-corrected chi connectivity index (χ3v) is 5.66. The molecule has 1 aliphatic heterocycles. The van der Waals surface area contributed by atoms with E-state index in [-0.39, 0.29) is 17.4 Å². The summed E-state index contributed by atoms with van der Waals surface area (Å²) in [6.45, 7) is 3.92. The smallest absolute Gasteiger partial charge is 0.229 e. The third-order valence-electron chi connectivity index (χ3n) is 5.66. The average Bonchev–Trinajstić information content (AvgIpc) is 3.46. The van der Waals surface area contributed by atoms with Gasteiger partial charge in [0.25, 0.3) is 0 Å². The number of rotatable bonds is 6. The van der Waals surface area contributed by atoms with Crippen molar-refractivity contribution >= 4 is 23.4 Å². The highest BCUT2D eigenvalue weighted by Gasteiger charge is 2.38. The summed E-state index contributed by atoms with van der Waals surface area (Å²) in [4.78, 5) is 23.5. The SMILES string of the molecule is CCC1(NC(=O)C2CC2)CCN(c2ccnc(Nc3cnn(C)c3)n2)CC1. The number of anilines is 3. The fraction of sp³-hybridized carbons (Fsp3) is 0.579. The van der Waals surface area contributed by atoms with Gasteiger partial charge in [0.05, 0.1) is 11.9 Å². The van der Waals surface area contributed by atoms with Crippen molar-refractivity contribution in [3.05, 3.63) is 24.7 Å². The first-order valence-corrected chi connectivity index (χ1v) is 9.73. The lowest BCUT2D eigenvalue weighted by Crippen LogP contribution is -2.55. The van der Waals surface area contributed by atoms with Crippen LogP contribution in [0.3, 0.4) is 0 Å². The summed E-state index contributed by atoms with van der Waals surface area (Å²) in [5.74, 6) is 1.98. The molecule has 144 valence electrons. The van der Waals surface area contributed by atoms with Crippen molar-refractivity contribution in [1.82, 2.24) is 25.1 Å². The van der Waals surface area contributed by atoms with E-state index in [1.165, 1.54) is 0 Å². The molecule has 8 heteroatoms. The molecule has 3 heterocycles. The zero-order valence-corrected chi connectivity index (χ0v) is 16.0. The van der Waals surface area contributed by atoms with E-state index in [1.54, 1.807) is 17.1 Å². The summed E-state index contributed by atoms with van der Waals surface area (Å²) >= 11 is 0. The number of nitrogens with one attached hydrogen (secondary N) is 2. The molecule has 0 unspecified atom stereocenters. The molecule has 1 amide bonds. The standard InChI is InChI=1S/C19H27N7O/c1-3-19(24-17(27)14-4-5-14)7-10-26(11-8-19)16-6-9-20-18(23-16)22-15-12-21-25(2)13-15/h6,9,12-14H,3-5,7-8,10-11H2,1-2H3,(H,24,27)(H,20,22,23). The van der Waals surface area contributed by atoms with Crippen LogP contribution >= 0.6 is 0 Å². The summed E-state index contributed by atoms with van der Waals surface area (Å²) in [6.07, 6.45) is 10.4. The molecule has 2 aliphatic rings. The topological polar surface area (TPSA) is 88.0 Å². The molecular formula is C19H27N7O. The zero-order chi connectivity index (χ0) is 18.9. The monoisotopic (exact) mass is 369 g/mol. The predicted octanol–water partition coefficient (Wildman–Crippen LogP) is 2.23. The van der Waals surface area contributed by atoms with E-state index in [9.17, 15) is 4.79 Å². The number of nitrogens with zero attached hydrogens (tertiary/aromatic N) is 5. The fourth-order valence-electron chi connectivity index (χ4n) is 3.64. The van der Waals surface area contributed by atoms with E-state index in [4.69, 9.17) is 0 Å². The van der Waals surface area contributed by atoms with Crippen molar-refractivity contribution in [2.75, 3.05) is 23.3 Å². The van der Waals surface area contributed by atoms with Gasteiger partial charge in [0.2, 0.25) is 11.9 Å². The third kappa shape index (κ3) is 4.04. The predicted molar refractivity (Wildman–Crippen MR) is 104 cm³/mol. The molecule has 0 spiro atoms. The maximum Gasteiger partial charge on any atom is 0.229 e. The Labute approximate surface area is 159 Å². The highest BCUT2D eigenvalue weighted by Crippen LogP contribution is 2.33. The summed E-state index contributed by atoms with van der Waals surface area (Å²) < 4.78 is 1.73. The van der Waals surface area contributed by atoms with Crippen LogP contribution < -0.4 is 15.5 Å². The summed E-state index contributed by atoms with van der Waals surface area (Å²) in [6, 6.07) is 1.94. The second kappa shape index (κ2) is 7.17. The van der Waals surface area contributed by atoms with Gasteiger partial charge in [0, 0.05) is 44.0 Å². The minimum Gasteiger partial charge on any atom is -0.356 e. The molecule has 2 N–H and O–H groups in total. The molecule has 2 fully saturated rings. The molecule has 4 rings (SSSR count). The van der Waals surface area contributed by atoms with Crippen LogP contribution in [0.25, 0.3) is 0 Å². The minimum absolute atomic E-state index is 0.0695. The van der Waals surface area contributed by atoms with Crippen molar-refractivity contribution in [2.24, 2.45) is 13.0 Å². The molecule has 0 radical (unpaired) electrons. The molecule has 0 aromatic carbocycles. The Hall–Kier alpha value is -2.64. The number of hydrogen-bond donors (Lipinski definition) is 2. The summed E-state index contributed by atoms with van der Waals surface area (Å²) in [7, 11) is 1.87. The van der Waals surface area contributed by atoms with Crippen LogP contribution in [0.5, 0.6) is 0 Å². The Morgan fingerprint density at radius 1 is 1.33 bits per heavy atom. The van der Waals surface area contributed by atoms with E-state index in [0.29, 0.717) is 5.95 Å². The van der Waals surface area contributed by atoms with E-state index < -0.39 is 0 Å². The van der Waals surface area contributed by atoms with Gasteiger partial charge in [0.15, 0.2) is 0 Å². The number of aryl methyl sites for hydroxylation is 1. The van der Waals surface area contributed by atoms with Gasteiger partial charge in [0.1, 0.15) is 5.82 Å². The Bertz CT molecular complexity index is 806. The van der Waals surface area contributed by atoms with Gasteiger partial charge in [-0.05, 0) is 38.2 Å². The Balaban J connectivity index is 1.40. The zero-order valence-electron chi connectivity index (χ0n) is 16.0. The lowest BCUT2D eigenvalue weighted by atomic mass is 9.84. The van der Waals surface area contributed by atoms with Crippen LogP contribution in [0.2, 0.25) is 0 Å². The first-order chi connectivity index (χ1) is 13.1. The Kier molecular flexibility index (Phi) is 4.72. The van der Waals surface area contributed by atoms with E-state index >= 15 is 0 Å². The van der Waals surface area contributed by atoms with Gasteiger partial charge >= 0.3 is 0 Å². The molecule has 27 heavy (non-hydrogen) atoms. The van der Waals surface area contributed by atoms with Crippen LogP contribution in [0, 0.1) is 5.92 Å². The highest BCUT2D eigenvalue weighted by molar-refractivity contribution is 5.81. The minimum atomic E-state index is -0.0695. The Morgan fingerprint density at radius 2 is 2.11 bits per heavy atom. The van der Waals surface area contributed by atoms with Crippen LogP contribution in [0.1, 0.15) is 39.0 Å². The quantitative estimate of drug-likeness (QED) is 0.812. The molecular weight excluding hydrogens is 342 g/mol. The summed E-state index contributed by atoms with van der Waals surface area (Å²) in [5.41, 5.74) is 0.793. The van der Waals surface area contributed by atoms with Crippen LogP contribution in [-0.2, 0) is 11.8 Å². The molecule has 8 nitrogen and oxygen atoms in total. The second-order valence-electron chi connectivity index (χ2n) is 7.65. The van der Waals surface area contributed by atoms with Gasteiger partial charge in [-0.1, -0.05) is 6.92 Å². The molecule has 1 saturated heterocycles. The van der Waals surface area contributed by atoms with Gasteiger partial charge in [-0.25, -0.2) is 4.98 Å². The Morgan fingerprint density at radius 3 is 2.74 bits per heavy atom. The normalized spacial score (nSPS) is 19.0. The van der Waals surface area contributed by atoms with Gasteiger partial charge < -0.3 is 15.5 Å². The first kappa shape index (κ1) is 17.8. The molecule has 2 aromatic heterocycles. The van der Waals surface area contributed by atoms with Gasteiger partial charge in [-0.2, -0.15) is 10.1 Å². The summed E-state index contributed by atoms with van der Waals surface area (Å²) in [5, 5.41) is 10.7. The second-order valence-corrected chi connectivity index (χ2v) is 7.65. The number of piperidine rings is 1. The van der Waals surface area contributed by atoms with Crippen molar-refractivity contribution < 1.29 is 4.79 Å². The number of amides is 1. The van der Waals surface area contributed by atoms with Crippen LogP contribution in [-0.4, -0.2) is 44.3 Å². The highest BCUT2D eigenvalue weighted by atomic mass is 16.2. The molecule has 1 saturated carbocycles. The van der Waals surface area contributed by atoms with Crippen molar-refractivity contribution in [2.45, 2.75) is 44.6 Å². The lowest BCUT2D eigenvalue weighted by Gasteiger charge is -2.42. The van der Waals surface area contributed by atoms with Crippen LogP contribution in [0.4, 0.5) is 17.5 Å². The number of carbonyl (C=O) groups excluding carboxylic acids is 1. The molecule has 1 aliphatic carbocycles. The largest absolute Gasteiger partial charge is 0.356 e. The van der Waals surface area contributed by atoms with Gasteiger partial charge in [-0.15, -0.1) is 0 Å². The van der Waals surface area contributed by atoms with Crippen molar-refractivity contribution in [1.29, 1.82) is 0 Å². The molecule has 2 aromatic rings. The van der Waals surface area contributed by atoms with Crippen molar-refractivity contribution in [3.63, 3.8) is 0 Å². The lowest BCUT2D eigenvalue weighted by molar-refractivity contribution is -0.124. The maximum atomic E-state index is 12.2. The maximum absolute atomic E-state index is 12.2. The molecule has 0 atom stereocenters. The molecule has 0 bridgehead atoms. The van der Waals surface area contributed by atoms with Crippen molar-refractivity contribution in [3.8, 4) is 0 Å². The van der Waals surface area contributed by atoms with Crippen LogP contribution in [0.15, 0.2) is 24.7 Å².